The zero-order chi connectivity index (χ0) is 21.7. The molecule has 7 nitrogen and oxygen atoms in total. The van der Waals surface area contributed by atoms with Crippen LogP contribution in [0.4, 0.5) is 0 Å². The topological polar surface area (TPSA) is 107 Å². The van der Waals surface area contributed by atoms with Crippen LogP contribution in [-0.2, 0) is 0 Å². The number of nitrogens with one attached hydrogen (secondary N) is 2. The standard InChI is InChI=1S/C25H19N3O4/c29-16-9-11(10-17(16)30)28-15-8-4-2-6-13(15)19-21-20(24(31)27-25(21)32)18-12-5-1-3-7-14(12)26-22(18)23(19)28/h1-8,11,16-17,26,29-30H,9-10H2,(H,27,31,32)/t16-,17-/m0/s1. The van der Waals surface area contributed by atoms with E-state index in [-0.39, 0.29) is 11.9 Å². The summed E-state index contributed by atoms with van der Waals surface area (Å²) in [6.07, 6.45) is -0.764. The first kappa shape index (κ1) is 17.9. The monoisotopic (exact) mass is 425 g/mol. The molecule has 7 rings (SSSR count). The number of aromatic nitrogens is 2. The number of fused-ring (bicyclic) bond motifs is 10. The number of hydrogen-bond acceptors (Lipinski definition) is 4. The van der Waals surface area contributed by atoms with E-state index in [4.69, 9.17) is 0 Å². The average molecular weight is 425 g/mol. The number of H-pyrrole nitrogens is 1. The van der Waals surface area contributed by atoms with Crippen molar-refractivity contribution in [2.45, 2.75) is 31.1 Å². The fourth-order valence-electron chi connectivity index (χ4n) is 5.83. The number of carbonyl (C=O) groups excluding carboxylic acids is 2. The maximum absolute atomic E-state index is 13.0. The van der Waals surface area contributed by atoms with Crippen LogP contribution in [0.15, 0.2) is 48.5 Å². The Bertz CT molecular complexity index is 1630. The lowest BCUT2D eigenvalue weighted by Gasteiger charge is -2.16. The van der Waals surface area contributed by atoms with Gasteiger partial charge in [-0.1, -0.05) is 36.4 Å². The number of para-hydroxylation sites is 2. The number of hydrogen-bond donors (Lipinski definition) is 4. The minimum Gasteiger partial charge on any atom is -0.390 e. The van der Waals surface area contributed by atoms with Crippen LogP contribution < -0.4 is 5.32 Å². The van der Waals surface area contributed by atoms with Crippen LogP contribution in [-0.4, -0.2) is 43.8 Å². The molecule has 4 N–H and O–H groups in total. The molecule has 0 unspecified atom stereocenters. The summed E-state index contributed by atoms with van der Waals surface area (Å²) in [7, 11) is 0. The van der Waals surface area contributed by atoms with E-state index in [2.05, 4.69) is 14.9 Å². The molecule has 2 aliphatic rings. The molecule has 0 radical (unpaired) electrons. The number of aliphatic hydroxyl groups is 2. The van der Waals surface area contributed by atoms with Crippen molar-refractivity contribution in [2.24, 2.45) is 0 Å². The summed E-state index contributed by atoms with van der Waals surface area (Å²) < 4.78 is 2.14. The van der Waals surface area contributed by atoms with Gasteiger partial charge in [-0.25, -0.2) is 0 Å². The minimum atomic E-state index is -0.797. The molecular formula is C25H19N3O4. The number of amides is 2. The maximum Gasteiger partial charge on any atom is 0.259 e. The predicted molar refractivity (Wildman–Crippen MR) is 121 cm³/mol. The molecule has 0 spiro atoms. The Labute approximate surface area is 181 Å². The van der Waals surface area contributed by atoms with Crippen LogP contribution in [0, 0.1) is 0 Å². The maximum atomic E-state index is 13.0. The van der Waals surface area contributed by atoms with Crippen molar-refractivity contribution < 1.29 is 19.8 Å². The van der Waals surface area contributed by atoms with Crippen molar-refractivity contribution in [2.75, 3.05) is 0 Å². The van der Waals surface area contributed by atoms with E-state index in [1.165, 1.54) is 0 Å². The molecule has 0 saturated heterocycles. The van der Waals surface area contributed by atoms with Gasteiger partial charge in [0, 0.05) is 38.6 Å². The number of nitrogens with zero attached hydrogens (tertiary/aromatic N) is 1. The number of aliphatic hydroxyl groups excluding tert-OH is 2. The third-order valence-corrected chi connectivity index (χ3v) is 7.12. The Kier molecular flexibility index (Phi) is 3.35. The molecule has 1 aliphatic heterocycles. The van der Waals surface area contributed by atoms with Gasteiger partial charge in [0.15, 0.2) is 0 Å². The van der Waals surface area contributed by atoms with Crippen LogP contribution >= 0.6 is 0 Å². The summed E-state index contributed by atoms with van der Waals surface area (Å²) in [6, 6.07) is 15.4. The zero-order valence-electron chi connectivity index (χ0n) is 16.9. The van der Waals surface area contributed by atoms with Crippen molar-refractivity contribution in [3.63, 3.8) is 0 Å². The predicted octanol–water partition coefficient (Wildman–Crippen LogP) is 3.37. The summed E-state index contributed by atoms with van der Waals surface area (Å²) in [4.78, 5) is 29.5. The van der Waals surface area contributed by atoms with Crippen molar-refractivity contribution in [1.29, 1.82) is 0 Å². The fourth-order valence-corrected chi connectivity index (χ4v) is 5.83. The highest BCUT2D eigenvalue weighted by molar-refractivity contribution is 6.39. The van der Waals surface area contributed by atoms with Crippen LogP contribution in [0.25, 0.3) is 43.6 Å². The lowest BCUT2D eigenvalue weighted by atomic mass is 9.96. The summed E-state index contributed by atoms with van der Waals surface area (Å²) in [5.74, 6) is -0.776. The van der Waals surface area contributed by atoms with Gasteiger partial charge in [0.2, 0.25) is 0 Å². The quantitative estimate of drug-likeness (QED) is 0.309. The van der Waals surface area contributed by atoms with E-state index in [1.807, 2.05) is 48.5 Å². The Hall–Kier alpha value is -3.68. The number of aromatic amines is 1. The van der Waals surface area contributed by atoms with Crippen molar-refractivity contribution in [3.8, 4) is 0 Å². The van der Waals surface area contributed by atoms with Crippen molar-refractivity contribution in [1.82, 2.24) is 14.9 Å². The summed E-state index contributed by atoms with van der Waals surface area (Å²) >= 11 is 0. The Morgan fingerprint density at radius 1 is 0.812 bits per heavy atom. The molecule has 1 saturated carbocycles. The third-order valence-electron chi connectivity index (χ3n) is 7.12. The smallest absolute Gasteiger partial charge is 0.259 e. The third kappa shape index (κ3) is 2.07. The van der Waals surface area contributed by atoms with Gasteiger partial charge in [-0.15, -0.1) is 0 Å². The van der Waals surface area contributed by atoms with Crippen LogP contribution in [0.1, 0.15) is 39.6 Å². The van der Waals surface area contributed by atoms with Gasteiger partial charge < -0.3 is 19.8 Å². The van der Waals surface area contributed by atoms with Crippen molar-refractivity contribution >= 4 is 55.4 Å². The number of imide groups is 1. The van der Waals surface area contributed by atoms with Crippen LogP contribution in [0.5, 0.6) is 0 Å². The highest BCUT2D eigenvalue weighted by Crippen LogP contribution is 2.46. The average Bonchev–Trinajstić information content (AvgIpc) is 3.49. The van der Waals surface area contributed by atoms with E-state index >= 15 is 0 Å². The normalized spacial score (nSPS) is 21.4. The molecule has 32 heavy (non-hydrogen) atoms. The molecule has 2 aromatic heterocycles. The highest BCUT2D eigenvalue weighted by atomic mass is 16.3. The van der Waals surface area contributed by atoms with Gasteiger partial charge in [0.1, 0.15) is 0 Å². The first-order valence-electron chi connectivity index (χ1n) is 10.8. The highest BCUT2D eigenvalue weighted by Gasteiger charge is 2.39. The van der Waals surface area contributed by atoms with Gasteiger partial charge in [0.05, 0.1) is 34.4 Å². The largest absolute Gasteiger partial charge is 0.390 e. The second kappa shape index (κ2) is 5.97. The molecule has 7 heteroatoms. The first-order valence-corrected chi connectivity index (χ1v) is 10.8. The molecular weight excluding hydrogens is 406 g/mol. The van der Waals surface area contributed by atoms with Gasteiger partial charge in [-0.2, -0.15) is 0 Å². The molecule has 158 valence electrons. The molecule has 5 aromatic rings. The summed E-state index contributed by atoms with van der Waals surface area (Å²) in [6.45, 7) is 0. The van der Waals surface area contributed by atoms with Gasteiger partial charge in [0.25, 0.3) is 11.8 Å². The van der Waals surface area contributed by atoms with E-state index in [0.717, 1.165) is 43.6 Å². The molecule has 0 bridgehead atoms. The number of benzene rings is 3. The molecule has 2 atom stereocenters. The lowest BCUT2D eigenvalue weighted by Crippen LogP contribution is -2.20. The van der Waals surface area contributed by atoms with Gasteiger partial charge in [-0.3, -0.25) is 14.9 Å². The lowest BCUT2D eigenvalue weighted by molar-refractivity contribution is 0.0438. The van der Waals surface area contributed by atoms with E-state index < -0.39 is 18.1 Å². The first-order chi connectivity index (χ1) is 15.5. The number of rotatable bonds is 1. The van der Waals surface area contributed by atoms with Crippen LogP contribution in [0.3, 0.4) is 0 Å². The Morgan fingerprint density at radius 2 is 1.44 bits per heavy atom. The van der Waals surface area contributed by atoms with E-state index in [0.29, 0.717) is 24.0 Å². The molecule has 3 heterocycles. The Morgan fingerprint density at radius 3 is 2.19 bits per heavy atom. The second-order valence-electron chi connectivity index (χ2n) is 8.82. The van der Waals surface area contributed by atoms with Crippen molar-refractivity contribution in [3.05, 3.63) is 59.7 Å². The SMILES string of the molecule is O=C1NC(=O)c2c1c1c3ccccc3[nH]c1c1c2c2ccccc2n1C1C[C@H](O)[C@@H](O)C1. The Balaban J connectivity index is 1.77. The summed E-state index contributed by atoms with van der Waals surface area (Å²) in [5, 5.41) is 26.3. The van der Waals surface area contributed by atoms with E-state index in [1.54, 1.807) is 0 Å². The minimum absolute atomic E-state index is 0.143. The summed E-state index contributed by atoms with van der Waals surface area (Å²) in [5.41, 5.74) is 4.21. The van der Waals surface area contributed by atoms with Gasteiger partial charge >= 0.3 is 0 Å². The fraction of sp³-hybridized carbons (Fsp3) is 0.200. The van der Waals surface area contributed by atoms with Crippen LogP contribution in [0.2, 0.25) is 0 Å². The van der Waals surface area contributed by atoms with E-state index in [9.17, 15) is 19.8 Å². The number of carbonyl (C=O) groups is 2. The molecule has 1 fully saturated rings. The molecule has 1 aliphatic carbocycles. The zero-order valence-corrected chi connectivity index (χ0v) is 16.9. The second-order valence-corrected chi connectivity index (χ2v) is 8.82. The molecule has 3 aromatic carbocycles. The van der Waals surface area contributed by atoms with Gasteiger partial charge in [-0.05, 0) is 25.0 Å². The molecule has 2 amide bonds.